The number of aliphatic carboxylic acids is 1. The molecule has 1 spiro atoms. The maximum Gasteiger partial charge on any atom is 0.307 e. The van der Waals surface area contributed by atoms with Gasteiger partial charge in [0.1, 0.15) is 5.69 Å². The van der Waals surface area contributed by atoms with Crippen LogP contribution in [0.3, 0.4) is 0 Å². The van der Waals surface area contributed by atoms with E-state index in [-0.39, 0.29) is 34.2 Å². The third-order valence-corrected chi connectivity index (χ3v) is 5.04. The minimum absolute atomic E-state index is 0.126. The predicted molar refractivity (Wildman–Crippen MR) is 80.8 cm³/mol. The molecule has 3 rings (SSSR count). The number of nitro benzene ring substituents is 1. The molecule has 8 heteroatoms. The minimum Gasteiger partial charge on any atom is -0.481 e. The van der Waals surface area contributed by atoms with Gasteiger partial charge in [-0.3, -0.25) is 19.7 Å². The van der Waals surface area contributed by atoms with Gasteiger partial charge in [0.15, 0.2) is 0 Å². The van der Waals surface area contributed by atoms with E-state index in [4.69, 9.17) is 10.8 Å². The summed E-state index contributed by atoms with van der Waals surface area (Å²) in [7, 11) is 0. The van der Waals surface area contributed by atoms with Gasteiger partial charge >= 0.3 is 5.97 Å². The van der Waals surface area contributed by atoms with E-state index in [1.165, 1.54) is 18.2 Å². The second kappa shape index (κ2) is 5.22. The lowest BCUT2D eigenvalue weighted by Gasteiger charge is -2.32. The molecular formula is C15H17N3O5. The fraction of sp³-hybridized carbons (Fsp3) is 0.467. The van der Waals surface area contributed by atoms with Gasteiger partial charge in [0.2, 0.25) is 0 Å². The van der Waals surface area contributed by atoms with Gasteiger partial charge < -0.3 is 15.7 Å². The van der Waals surface area contributed by atoms with Crippen molar-refractivity contribution < 1.29 is 19.6 Å². The van der Waals surface area contributed by atoms with Crippen LogP contribution in [-0.4, -0.2) is 39.9 Å². The van der Waals surface area contributed by atoms with Gasteiger partial charge in [0.05, 0.1) is 16.4 Å². The van der Waals surface area contributed by atoms with Crippen molar-refractivity contribution in [3.8, 4) is 0 Å². The number of carboxylic acids is 1. The fourth-order valence-corrected chi connectivity index (χ4v) is 3.47. The second-order valence-electron chi connectivity index (χ2n) is 6.25. The third-order valence-electron chi connectivity index (χ3n) is 5.04. The number of piperidine rings is 1. The van der Waals surface area contributed by atoms with Crippen molar-refractivity contribution in [2.75, 3.05) is 18.8 Å². The first-order valence-electron chi connectivity index (χ1n) is 7.41. The summed E-state index contributed by atoms with van der Waals surface area (Å²) in [4.78, 5) is 35.5. The van der Waals surface area contributed by atoms with E-state index in [0.29, 0.717) is 32.4 Å². The zero-order chi connectivity index (χ0) is 16.8. The lowest BCUT2D eigenvalue weighted by molar-refractivity contribution is -0.383. The van der Waals surface area contributed by atoms with Crippen LogP contribution in [0, 0.1) is 21.4 Å². The number of carbonyl (C=O) groups excluding carboxylic acids is 1. The standard InChI is InChI=1S/C15H17N3O5/c16-12-9(2-1-3-11(12)18(22)23)13(19)17-6-4-15(5-7-17)8-10(15)14(20)21/h1-3,10H,4-8,16H2,(H,20,21). The van der Waals surface area contributed by atoms with Gasteiger partial charge in [-0.1, -0.05) is 6.07 Å². The largest absolute Gasteiger partial charge is 0.481 e. The maximum atomic E-state index is 12.5. The van der Waals surface area contributed by atoms with Crippen LogP contribution in [0.1, 0.15) is 29.6 Å². The van der Waals surface area contributed by atoms with Crippen molar-refractivity contribution in [1.29, 1.82) is 0 Å². The van der Waals surface area contributed by atoms with Crippen LogP contribution in [0.2, 0.25) is 0 Å². The van der Waals surface area contributed by atoms with Crippen LogP contribution < -0.4 is 5.73 Å². The Morgan fingerprint density at radius 1 is 1.35 bits per heavy atom. The maximum absolute atomic E-state index is 12.5. The number of hydrogen-bond donors (Lipinski definition) is 2. The summed E-state index contributed by atoms with van der Waals surface area (Å²) >= 11 is 0. The van der Waals surface area contributed by atoms with Crippen molar-refractivity contribution in [2.45, 2.75) is 19.3 Å². The zero-order valence-corrected chi connectivity index (χ0v) is 12.4. The topological polar surface area (TPSA) is 127 Å². The van der Waals surface area contributed by atoms with Gasteiger partial charge in [0.25, 0.3) is 11.6 Å². The summed E-state index contributed by atoms with van der Waals surface area (Å²) in [5, 5.41) is 20.0. The molecule has 1 amide bonds. The molecule has 122 valence electrons. The highest BCUT2D eigenvalue weighted by molar-refractivity contribution is 6.01. The summed E-state index contributed by atoms with van der Waals surface area (Å²) in [5.74, 6) is -1.41. The Kier molecular flexibility index (Phi) is 3.46. The van der Waals surface area contributed by atoms with Crippen molar-refractivity contribution in [1.82, 2.24) is 4.90 Å². The Labute approximate surface area is 132 Å². The number of carbonyl (C=O) groups is 2. The average molecular weight is 319 g/mol. The van der Waals surface area contributed by atoms with Crippen LogP contribution in [0.15, 0.2) is 18.2 Å². The first-order chi connectivity index (χ1) is 10.9. The van der Waals surface area contributed by atoms with Gasteiger partial charge in [-0.15, -0.1) is 0 Å². The lowest BCUT2D eigenvalue weighted by Crippen LogP contribution is -2.40. The molecule has 1 aliphatic heterocycles. The SMILES string of the molecule is Nc1c(C(=O)N2CCC3(CC2)CC3C(=O)O)cccc1[N+](=O)[O-]. The smallest absolute Gasteiger partial charge is 0.307 e. The molecule has 8 nitrogen and oxygen atoms in total. The Bertz CT molecular complexity index is 694. The molecule has 0 bridgehead atoms. The second-order valence-corrected chi connectivity index (χ2v) is 6.25. The molecule has 1 heterocycles. The van der Waals surface area contributed by atoms with Crippen LogP contribution in [-0.2, 0) is 4.79 Å². The number of rotatable bonds is 3. The molecule has 1 aromatic rings. The van der Waals surface area contributed by atoms with Crippen LogP contribution in [0.4, 0.5) is 11.4 Å². The number of amides is 1. The molecular weight excluding hydrogens is 302 g/mol. The van der Waals surface area contributed by atoms with E-state index in [2.05, 4.69) is 0 Å². The number of nitro groups is 1. The van der Waals surface area contributed by atoms with Crippen molar-refractivity contribution >= 4 is 23.3 Å². The van der Waals surface area contributed by atoms with Gasteiger partial charge in [0, 0.05) is 19.2 Å². The Morgan fingerprint density at radius 2 is 2.00 bits per heavy atom. The van der Waals surface area contributed by atoms with Gasteiger partial charge in [-0.2, -0.15) is 0 Å². The number of benzene rings is 1. The zero-order valence-electron chi connectivity index (χ0n) is 12.4. The van der Waals surface area contributed by atoms with E-state index >= 15 is 0 Å². The van der Waals surface area contributed by atoms with E-state index < -0.39 is 10.9 Å². The fourth-order valence-electron chi connectivity index (χ4n) is 3.47. The molecule has 0 aromatic heterocycles. The van der Waals surface area contributed by atoms with Gasteiger partial charge in [-0.05, 0) is 30.7 Å². The van der Waals surface area contributed by atoms with Crippen molar-refractivity contribution in [3.63, 3.8) is 0 Å². The summed E-state index contributed by atoms with van der Waals surface area (Å²) in [5.41, 5.74) is 5.30. The molecule has 1 saturated carbocycles. The predicted octanol–water partition coefficient (Wildman–Crippen LogP) is 1.50. The molecule has 2 aliphatic rings. The average Bonchev–Trinajstić information content (AvgIpc) is 3.21. The number of hydrogen-bond acceptors (Lipinski definition) is 5. The molecule has 0 radical (unpaired) electrons. The summed E-state index contributed by atoms with van der Waals surface area (Å²) < 4.78 is 0. The highest BCUT2D eigenvalue weighted by Gasteiger charge is 2.59. The molecule has 23 heavy (non-hydrogen) atoms. The number of nitrogens with two attached hydrogens (primary N) is 1. The van der Waals surface area contributed by atoms with Crippen molar-refractivity contribution in [3.05, 3.63) is 33.9 Å². The number of carboxylic acid groups (broad SMARTS) is 1. The molecule has 1 atom stereocenters. The molecule has 1 aromatic carbocycles. The summed E-state index contributed by atoms with van der Waals surface area (Å²) in [6, 6.07) is 4.18. The van der Waals surface area contributed by atoms with E-state index in [1.54, 1.807) is 4.90 Å². The Hall–Kier alpha value is -2.64. The van der Waals surface area contributed by atoms with E-state index in [1.807, 2.05) is 0 Å². The minimum atomic E-state index is -0.771. The van der Waals surface area contributed by atoms with E-state index in [9.17, 15) is 19.7 Å². The molecule has 1 unspecified atom stereocenters. The Morgan fingerprint density at radius 3 is 2.52 bits per heavy atom. The van der Waals surface area contributed by atoms with Crippen LogP contribution in [0.25, 0.3) is 0 Å². The first-order valence-corrected chi connectivity index (χ1v) is 7.41. The number of para-hydroxylation sites is 1. The number of anilines is 1. The van der Waals surface area contributed by atoms with Crippen LogP contribution in [0.5, 0.6) is 0 Å². The monoisotopic (exact) mass is 319 g/mol. The highest BCUT2D eigenvalue weighted by atomic mass is 16.6. The number of nitrogens with zero attached hydrogens (tertiary/aromatic N) is 2. The van der Waals surface area contributed by atoms with Crippen LogP contribution >= 0.6 is 0 Å². The molecule has 1 aliphatic carbocycles. The first kappa shape index (κ1) is 15.3. The van der Waals surface area contributed by atoms with Gasteiger partial charge in [-0.25, -0.2) is 0 Å². The summed E-state index contributed by atoms with van der Waals surface area (Å²) in [6.45, 7) is 0.898. The highest BCUT2D eigenvalue weighted by Crippen LogP contribution is 2.59. The normalized spacial score (nSPS) is 21.9. The number of likely N-dealkylation sites (tertiary alicyclic amines) is 1. The number of nitrogen functional groups attached to an aromatic ring is 1. The molecule has 3 N–H and O–H groups in total. The molecule has 1 saturated heterocycles. The lowest BCUT2D eigenvalue weighted by atomic mass is 9.90. The molecule has 2 fully saturated rings. The Balaban J connectivity index is 1.73. The van der Waals surface area contributed by atoms with E-state index in [0.717, 1.165) is 0 Å². The third kappa shape index (κ3) is 2.49. The quantitative estimate of drug-likeness (QED) is 0.494. The summed E-state index contributed by atoms with van der Waals surface area (Å²) in [6.07, 6.45) is 1.96. The van der Waals surface area contributed by atoms with Crippen molar-refractivity contribution in [2.24, 2.45) is 11.3 Å².